The van der Waals surface area contributed by atoms with Crippen molar-refractivity contribution in [3.63, 3.8) is 0 Å². The molecule has 0 spiro atoms. The van der Waals surface area contributed by atoms with Crippen molar-refractivity contribution in [2.45, 2.75) is 31.5 Å². The number of carbonyl (C=O) groups is 3. The van der Waals surface area contributed by atoms with E-state index < -0.39 is 46.9 Å². The van der Waals surface area contributed by atoms with Crippen LogP contribution in [0.15, 0.2) is 41.6 Å². The first-order chi connectivity index (χ1) is 13.1. The number of carbonyl (C=O) groups excluding carboxylic acids is 2. The summed E-state index contributed by atoms with van der Waals surface area (Å²) in [4.78, 5) is 47.1. The highest BCUT2D eigenvalue weighted by molar-refractivity contribution is 6.27. The van der Waals surface area contributed by atoms with Crippen LogP contribution >= 0.6 is 11.6 Å². The number of rotatable bonds is 8. The lowest BCUT2D eigenvalue weighted by Crippen LogP contribution is -2.69. The van der Waals surface area contributed by atoms with E-state index in [-0.39, 0.29) is 11.4 Å². The first kappa shape index (κ1) is 21.2. The van der Waals surface area contributed by atoms with Gasteiger partial charge in [-0.25, -0.2) is 4.79 Å². The van der Waals surface area contributed by atoms with Crippen molar-refractivity contribution >= 4 is 29.4 Å². The number of allylic oxidation sites excluding steroid dienone is 1. The Hall–Kier alpha value is -3.14. The third kappa shape index (κ3) is 4.58. The zero-order valence-electron chi connectivity index (χ0n) is 15.0. The number of alkyl halides is 1. The van der Waals surface area contributed by atoms with E-state index in [2.05, 4.69) is 5.32 Å². The maximum Gasteiger partial charge on any atom is 0.352 e. The molecule has 2 rings (SSSR count). The largest absolute Gasteiger partial charge is 0.477 e. The van der Waals surface area contributed by atoms with Gasteiger partial charge in [0, 0.05) is 4.92 Å². The highest BCUT2D eigenvalue weighted by Crippen LogP contribution is 2.30. The van der Waals surface area contributed by atoms with Crippen molar-refractivity contribution in [2.75, 3.05) is 6.54 Å². The van der Waals surface area contributed by atoms with Crippen LogP contribution in [0.1, 0.15) is 13.8 Å². The molecule has 3 atom stereocenters. The van der Waals surface area contributed by atoms with Gasteiger partial charge in [-0.05, 0) is 31.6 Å². The van der Waals surface area contributed by atoms with E-state index in [1.807, 2.05) is 0 Å². The number of aliphatic carboxylic acids is 1. The number of likely N-dealkylation sites (tertiary alicyclic amines) is 1. The van der Waals surface area contributed by atoms with Crippen LogP contribution in [-0.2, 0) is 14.4 Å². The molecule has 1 aliphatic heterocycles. The lowest BCUT2D eigenvalue weighted by molar-refractivity contribution is -0.486. The molecular weight excluding hydrogens is 394 g/mol. The van der Waals surface area contributed by atoms with E-state index >= 15 is 0 Å². The summed E-state index contributed by atoms with van der Waals surface area (Å²) in [6.07, 6.45) is -1.49. The van der Waals surface area contributed by atoms with E-state index in [4.69, 9.17) is 16.3 Å². The topological polar surface area (TPSA) is 139 Å². The van der Waals surface area contributed by atoms with Crippen LogP contribution in [-0.4, -0.2) is 56.9 Å². The molecule has 1 aromatic carbocycles. The van der Waals surface area contributed by atoms with Gasteiger partial charge in [0.1, 0.15) is 23.0 Å². The van der Waals surface area contributed by atoms with Crippen LogP contribution in [0.2, 0.25) is 0 Å². The second kappa shape index (κ2) is 8.70. The molecule has 10 nitrogen and oxygen atoms in total. The van der Waals surface area contributed by atoms with Crippen molar-refractivity contribution < 1.29 is 29.2 Å². The predicted molar refractivity (Wildman–Crippen MR) is 97.1 cm³/mol. The fraction of sp³-hybridized carbons (Fsp3) is 0.353. The smallest absolute Gasteiger partial charge is 0.352 e. The second-order valence-corrected chi connectivity index (χ2v) is 6.60. The number of nitrogens with one attached hydrogen (secondary N) is 1. The molecule has 0 saturated carbocycles. The first-order valence-corrected chi connectivity index (χ1v) is 8.59. The Morgan fingerprint density at radius 2 is 1.96 bits per heavy atom. The summed E-state index contributed by atoms with van der Waals surface area (Å²) in [7, 11) is 0. The minimum atomic E-state index is -1.49. The number of hydrogen-bond donors (Lipinski definition) is 2. The van der Waals surface area contributed by atoms with Crippen LogP contribution < -0.4 is 10.1 Å². The molecule has 11 heteroatoms. The Kier molecular flexibility index (Phi) is 6.57. The maximum absolute atomic E-state index is 12.4. The van der Waals surface area contributed by atoms with Gasteiger partial charge in [-0.1, -0.05) is 29.8 Å². The molecule has 0 bridgehead atoms. The van der Waals surface area contributed by atoms with Gasteiger partial charge in [-0.15, -0.1) is 0 Å². The molecule has 0 radical (unpaired) electrons. The highest BCUT2D eigenvalue weighted by atomic mass is 35.5. The lowest BCUT2D eigenvalue weighted by Gasteiger charge is -2.44. The summed E-state index contributed by atoms with van der Waals surface area (Å²) < 4.78 is 5.35. The monoisotopic (exact) mass is 411 g/mol. The summed E-state index contributed by atoms with van der Waals surface area (Å²) in [5.74, 6) is -2.72. The molecular formula is C17H18ClN3O7. The number of benzene rings is 1. The first-order valence-electron chi connectivity index (χ1n) is 8.15. The number of carboxylic acids is 1. The molecule has 150 valence electrons. The fourth-order valence-corrected chi connectivity index (χ4v) is 2.96. The van der Waals surface area contributed by atoms with Gasteiger partial charge >= 0.3 is 5.97 Å². The molecule has 1 saturated heterocycles. The van der Waals surface area contributed by atoms with E-state index in [9.17, 15) is 29.6 Å². The van der Waals surface area contributed by atoms with E-state index in [0.717, 1.165) is 4.90 Å². The average molecular weight is 412 g/mol. The van der Waals surface area contributed by atoms with Gasteiger partial charge in [0.2, 0.25) is 12.6 Å². The number of halogens is 1. The summed E-state index contributed by atoms with van der Waals surface area (Å²) in [5, 5.41) is 22.4. The number of β-lactam (4-membered cyclic amide) rings is 1. The summed E-state index contributed by atoms with van der Waals surface area (Å²) in [5.41, 5.74) is -1.07. The van der Waals surface area contributed by atoms with E-state index in [1.165, 1.54) is 26.0 Å². The third-order valence-electron chi connectivity index (χ3n) is 3.87. The standard InChI is InChI=1S/C17H18ClN3O7/c1-9(2)13(17(24)25)21-14(18)12(16(21)23)19-15(22)11(8-20(26)27)28-10-6-4-3-5-7-10/h3-7,11-12,14H,8H2,1-2H3,(H,19,22)(H,24,25). The molecule has 1 fully saturated rings. The van der Waals surface area contributed by atoms with Gasteiger partial charge in [0.15, 0.2) is 0 Å². The van der Waals surface area contributed by atoms with Crippen LogP contribution in [0, 0.1) is 10.1 Å². The fourth-order valence-electron chi connectivity index (χ4n) is 2.60. The van der Waals surface area contributed by atoms with Crippen molar-refractivity contribution in [1.82, 2.24) is 10.2 Å². The van der Waals surface area contributed by atoms with Gasteiger partial charge in [0.05, 0.1) is 0 Å². The Balaban J connectivity index is 2.11. The van der Waals surface area contributed by atoms with Crippen molar-refractivity contribution in [3.8, 4) is 5.75 Å². The predicted octanol–water partition coefficient (Wildman–Crippen LogP) is 0.981. The quantitative estimate of drug-likeness (QED) is 0.162. The average Bonchev–Trinajstić information content (AvgIpc) is 2.62. The van der Waals surface area contributed by atoms with E-state index in [0.29, 0.717) is 5.57 Å². The molecule has 1 heterocycles. The summed E-state index contributed by atoms with van der Waals surface area (Å²) in [6, 6.07) is 6.79. The third-order valence-corrected chi connectivity index (χ3v) is 4.32. The molecule has 1 aromatic rings. The summed E-state index contributed by atoms with van der Waals surface area (Å²) in [6.45, 7) is 2.19. The molecule has 28 heavy (non-hydrogen) atoms. The van der Waals surface area contributed by atoms with Crippen molar-refractivity contribution in [2.24, 2.45) is 0 Å². The Morgan fingerprint density at radius 1 is 1.36 bits per heavy atom. The molecule has 3 unspecified atom stereocenters. The normalized spacial score (nSPS) is 19.2. The second-order valence-electron chi connectivity index (χ2n) is 6.16. The minimum absolute atomic E-state index is 0.242. The molecule has 0 aromatic heterocycles. The van der Waals surface area contributed by atoms with Gasteiger partial charge in [-0.2, -0.15) is 0 Å². The number of carboxylic acid groups (broad SMARTS) is 1. The Labute approximate surface area is 164 Å². The van der Waals surface area contributed by atoms with Crippen LogP contribution in [0.25, 0.3) is 0 Å². The van der Waals surface area contributed by atoms with Gasteiger partial charge < -0.3 is 15.2 Å². The van der Waals surface area contributed by atoms with Gasteiger partial charge in [0.25, 0.3) is 11.8 Å². The number of nitro groups is 1. The number of para-hydroxylation sites is 1. The lowest BCUT2D eigenvalue weighted by atomic mass is 10.0. The molecule has 0 aliphatic carbocycles. The summed E-state index contributed by atoms with van der Waals surface area (Å²) >= 11 is 6.09. The Bertz CT molecular complexity index is 823. The number of nitrogens with zero attached hydrogens (tertiary/aromatic N) is 2. The number of ether oxygens (including phenoxy) is 1. The van der Waals surface area contributed by atoms with Crippen molar-refractivity contribution in [3.05, 3.63) is 51.7 Å². The van der Waals surface area contributed by atoms with Crippen molar-refractivity contribution in [1.29, 1.82) is 0 Å². The SMILES string of the molecule is CC(C)=C(C(=O)O)N1C(=O)C(NC(=O)C(C[N+](=O)[O-])Oc2ccccc2)C1Cl. The Morgan fingerprint density at radius 3 is 2.43 bits per heavy atom. The number of amides is 2. The van der Waals surface area contributed by atoms with Gasteiger partial charge in [-0.3, -0.25) is 24.6 Å². The minimum Gasteiger partial charge on any atom is -0.477 e. The molecule has 2 N–H and O–H groups in total. The van der Waals surface area contributed by atoms with E-state index in [1.54, 1.807) is 18.2 Å². The molecule has 1 aliphatic rings. The van der Waals surface area contributed by atoms with Crippen LogP contribution in [0.4, 0.5) is 0 Å². The van der Waals surface area contributed by atoms with Crippen LogP contribution in [0.3, 0.4) is 0 Å². The molecule has 2 amide bonds. The zero-order chi connectivity index (χ0) is 21.0. The maximum atomic E-state index is 12.4. The zero-order valence-corrected chi connectivity index (χ0v) is 15.8. The van der Waals surface area contributed by atoms with Crippen LogP contribution in [0.5, 0.6) is 5.75 Å². The highest BCUT2D eigenvalue weighted by Gasteiger charge is 2.51. The number of hydrogen-bond acceptors (Lipinski definition) is 6.